The molecule has 3 nitrogen and oxygen atoms in total. The van der Waals surface area contributed by atoms with E-state index in [0.717, 1.165) is 6.42 Å². The minimum absolute atomic E-state index is 0.0196. The minimum atomic E-state index is -0.792. The molecule has 1 aliphatic carbocycles. The number of rotatable bonds is 4. The normalized spacial score (nSPS) is 28.5. The summed E-state index contributed by atoms with van der Waals surface area (Å²) in [5.74, 6) is -0.750. The Labute approximate surface area is 90.2 Å². The highest BCUT2D eigenvalue weighted by Gasteiger charge is 2.38. The highest BCUT2D eigenvalue weighted by atomic mass is 16.4. The first-order chi connectivity index (χ1) is 7.06. The molecule has 0 aromatic carbocycles. The number of Topliss-reactive ketones (excluding diaryl/α,β-unsaturated/α-hetero) is 1. The van der Waals surface area contributed by atoms with Crippen LogP contribution in [0.1, 0.15) is 33.1 Å². The average molecular weight is 210 g/mol. The Bertz CT molecular complexity index is 281. The quantitative estimate of drug-likeness (QED) is 0.724. The van der Waals surface area contributed by atoms with Crippen molar-refractivity contribution in [2.24, 2.45) is 17.8 Å². The molecule has 0 heterocycles. The monoisotopic (exact) mass is 210 g/mol. The Balaban J connectivity index is 2.67. The highest BCUT2D eigenvalue weighted by Crippen LogP contribution is 2.37. The Morgan fingerprint density at radius 2 is 2.27 bits per heavy atom. The second kappa shape index (κ2) is 5.10. The van der Waals surface area contributed by atoms with Gasteiger partial charge in [-0.2, -0.15) is 0 Å². The molecule has 0 bridgehead atoms. The molecule has 3 heteroatoms. The molecule has 1 unspecified atom stereocenters. The SMILES string of the molecule is CC=CC[C@H]1CC(=O)C[C@@H]1C(C)C(=O)O. The zero-order chi connectivity index (χ0) is 11.4. The van der Waals surface area contributed by atoms with Crippen LogP contribution in [0.4, 0.5) is 0 Å². The summed E-state index contributed by atoms with van der Waals surface area (Å²) >= 11 is 0. The summed E-state index contributed by atoms with van der Waals surface area (Å²) in [7, 11) is 0. The lowest BCUT2D eigenvalue weighted by atomic mass is 9.83. The Kier molecular flexibility index (Phi) is 4.06. The van der Waals surface area contributed by atoms with E-state index in [1.165, 1.54) is 0 Å². The minimum Gasteiger partial charge on any atom is -0.481 e. The lowest BCUT2D eigenvalue weighted by Gasteiger charge is -2.20. The molecule has 1 saturated carbocycles. The molecule has 1 N–H and O–H groups in total. The van der Waals surface area contributed by atoms with E-state index in [1.807, 2.05) is 19.1 Å². The second-order valence-corrected chi connectivity index (χ2v) is 4.30. The fraction of sp³-hybridized carbons (Fsp3) is 0.667. The van der Waals surface area contributed by atoms with Crippen LogP contribution in [0.2, 0.25) is 0 Å². The molecule has 0 amide bonds. The first-order valence-corrected chi connectivity index (χ1v) is 5.42. The predicted octanol–water partition coefficient (Wildman–Crippen LogP) is 2.27. The van der Waals surface area contributed by atoms with Crippen molar-refractivity contribution in [1.29, 1.82) is 0 Å². The summed E-state index contributed by atoms with van der Waals surface area (Å²) in [6.07, 6.45) is 5.78. The van der Waals surface area contributed by atoms with Crippen LogP contribution in [0.3, 0.4) is 0 Å². The number of carboxylic acid groups (broad SMARTS) is 1. The predicted molar refractivity (Wildman–Crippen MR) is 57.5 cm³/mol. The van der Waals surface area contributed by atoms with Gasteiger partial charge in [-0.15, -0.1) is 0 Å². The van der Waals surface area contributed by atoms with E-state index in [-0.39, 0.29) is 17.6 Å². The third-order valence-corrected chi connectivity index (χ3v) is 3.27. The molecule has 0 aliphatic heterocycles. The highest BCUT2D eigenvalue weighted by molar-refractivity contribution is 5.82. The zero-order valence-electron chi connectivity index (χ0n) is 9.27. The molecule has 0 spiro atoms. The molecule has 84 valence electrons. The van der Waals surface area contributed by atoms with Gasteiger partial charge in [0.25, 0.3) is 0 Å². The van der Waals surface area contributed by atoms with Crippen molar-refractivity contribution in [2.45, 2.75) is 33.1 Å². The van der Waals surface area contributed by atoms with Gasteiger partial charge in [-0.1, -0.05) is 19.1 Å². The molecule has 0 aromatic heterocycles. The number of hydrogen-bond acceptors (Lipinski definition) is 2. The average Bonchev–Trinajstić information content (AvgIpc) is 2.55. The van der Waals surface area contributed by atoms with Crippen LogP contribution < -0.4 is 0 Å². The van der Waals surface area contributed by atoms with Crippen LogP contribution in [-0.2, 0) is 9.59 Å². The third kappa shape index (κ3) is 2.91. The van der Waals surface area contributed by atoms with E-state index in [4.69, 9.17) is 5.11 Å². The van der Waals surface area contributed by atoms with Crippen molar-refractivity contribution >= 4 is 11.8 Å². The van der Waals surface area contributed by atoms with Gasteiger partial charge in [-0.25, -0.2) is 0 Å². The van der Waals surface area contributed by atoms with Crippen molar-refractivity contribution in [3.8, 4) is 0 Å². The molecular formula is C12H18O3. The number of allylic oxidation sites excluding steroid dienone is 2. The lowest BCUT2D eigenvalue weighted by Crippen LogP contribution is -2.23. The number of ketones is 1. The Hall–Kier alpha value is -1.12. The van der Waals surface area contributed by atoms with Crippen LogP contribution in [0.5, 0.6) is 0 Å². The van der Waals surface area contributed by atoms with Crippen molar-refractivity contribution in [1.82, 2.24) is 0 Å². The maximum absolute atomic E-state index is 11.3. The zero-order valence-corrected chi connectivity index (χ0v) is 9.27. The van der Waals surface area contributed by atoms with Crippen molar-refractivity contribution in [3.63, 3.8) is 0 Å². The first-order valence-electron chi connectivity index (χ1n) is 5.42. The number of hydrogen-bond donors (Lipinski definition) is 1. The van der Waals surface area contributed by atoms with Crippen molar-refractivity contribution in [3.05, 3.63) is 12.2 Å². The standard InChI is InChI=1S/C12H18O3/c1-3-4-5-9-6-10(13)7-11(9)8(2)12(14)15/h3-4,8-9,11H,5-7H2,1-2H3,(H,14,15)/t8?,9-,11+/m0/s1. The maximum atomic E-state index is 11.3. The van der Waals surface area contributed by atoms with E-state index in [9.17, 15) is 9.59 Å². The van der Waals surface area contributed by atoms with Gasteiger partial charge in [-0.3, -0.25) is 9.59 Å². The summed E-state index contributed by atoms with van der Waals surface area (Å²) in [5, 5.41) is 8.94. The summed E-state index contributed by atoms with van der Waals surface area (Å²) in [4.78, 5) is 22.2. The Morgan fingerprint density at radius 1 is 1.60 bits per heavy atom. The number of carboxylic acids is 1. The van der Waals surface area contributed by atoms with E-state index in [0.29, 0.717) is 12.8 Å². The van der Waals surface area contributed by atoms with Gasteiger partial charge in [0.05, 0.1) is 5.92 Å². The van der Waals surface area contributed by atoms with Gasteiger partial charge in [0.1, 0.15) is 5.78 Å². The summed E-state index contributed by atoms with van der Waals surface area (Å²) in [6, 6.07) is 0. The molecule has 1 aliphatic rings. The van der Waals surface area contributed by atoms with Gasteiger partial charge in [0.2, 0.25) is 0 Å². The number of carbonyl (C=O) groups is 2. The second-order valence-electron chi connectivity index (χ2n) is 4.30. The van der Waals surface area contributed by atoms with Crippen LogP contribution >= 0.6 is 0 Å². The van der Waals surface area contributed by atoms with Gasteiger partial charge in [-0.05, 0) is 25.2 Å². The number of aliphatic carboxylic acids is 1. The molecule has 1 rings (SSSR count). The van der Waals surface area contributed by atoms with Gasteiger partial charge >= 0.3 is 5.97 Å². The molecule has 0 radical (unpaired) electrons. The van der Waals surface area contributed by atoms with E-state index in [2.05, 4.69) is 0 Å². The molecule has 1 fully saturated rings. The Morgan fingerprint density at radius 3 is 2.80 bits per heavy atom. The van der Waals surface area contributed by atoms with E-state index in [1.54, 1.807) is 6.92 Å². The van der Waals surface area contributed by atoms with Crippen LogP contribution in [0.25, 0.3) is 0 Å². The maximum Gasteiger partial charge on any atom is 0.306 e. The summed E-state index contributed by atoms with van der Waals surface area (Å²) in [6.45, 7) is 3.64. The topological polar surface area (TPSA) is 54.4 Å². The summed E-state index contributed by atoms with van der Waals surface area (Å²) < 4.78 is 0. The van der Waals surface area contributed by atoms with Gasteiger partial charge in [0, 0.05) is 12.8 Å². The molecule has 15 heavy (non-hydrogen) atoms. The van der Waals surface area contributed by atoms with Crippen LogP contribution in [0.15, 0.2) is 12.2 Å². The fourth-order valence-electron chi connectivity index (χ4n) is 2.29. The molecule has 3 atom stereocenters. The van der Waals surface area contributed by atoms with Gasteiger partial charge in [0.15, 0.2) is 0 Å². The van der Waals surface area contributed by atoms with Crippen molar-refractivity contribution < 1.29 is 14.7 Å². The van der Waals surface area contributed by atoms with Crippen LogP contribution in [-0.4, -0.2) is 16.9 Å². The van der Waals surface area contributed by atoms with Crippen LogP contribution in [0, 0.1) is 17.8 Å². The lowest BCUT2D eigenvalue weighted by molar-refractivity contribution is -0.143. The first kappa shape index (κ1) is 12.0. The fourth-order valence-corrected chi connectivity index (χ4v) is 2.29. The third-order valence-electron chi connectivity index (χ3n) is 3.27. The number of carbonyl (C=O) groups excluding carboxylic acids is 1. The van der Waals surface area contributed by atoms with E-state index < -0.39 is 11.9 Å². The molecule has 0 aromatic rings. The van der Waals surface area contributed by atoms with Gasteiger partial charge < -0.3 is 5.11 Å². The molecule has 0 saturated heterocycles. The smallest absolute Gasteiger partial charge is 0.306 e. The molecular weight excluding hydrogens is 192 g/mol. The van der Waals surface area contributed by atoms with E-state index >= 15 is 0 Å². The summed E-state index contributed by atoms with van der Waals surface area (Å²) in [5.41, 5.74) is 0. The largest absolute Gasteiger partial charge is 0.481 e. The van der Waals surface area contributed by atoms with Crippen molar-refractivity contribution in [2.75, 3.05) is 0 Å².